The van der Waals surface area contributed by atoms with E-state index in [9.17, 15) is 9.59 Å². The molecule has 0 aliphatic carbocycles. The molecule has 8 heteroatoms. The van der Waals surface area contributed by atoms with Crippen molar-refractivity contribution in [2.45, 2.75) is 38.8 Å². The maximum absolute atomic E-state index is 12.8. The quantitative estimate of drug-likeness (QED) is 0.749. The highest BCUT2D eigenvalue weighted by molar-refractivity contribution is 7.12. The van der Waals surface area contributed by atoms with Crippen molar-refractivity contribution in [3.05, 3.63) is 40.8 Å². The van der Waals surface area contributed by atoms with Gasteiger partial charge in [0.25, 0.3) is 5.91 Å². The monoisotopic (exact) mass is 383 g/mol. The van der Waals surface area contributed by atoms with Crippen LogP contribution in [0.2, 0.25) is 0 Å². The predicted molar refractivity (Wildman–Crippen MR) is 105 cm³/mol. The molecule has 7 nitrogen and oxygen atoms in total. The summed E-state index contributed by atoms with van der Waals surface area (Å²) in [6.45, 7) is 4.69. The lowest BCUT2D eigenvalue weighted by molar-refractivity contribution is -0.119. The van der Waals surface area contributed by atoms with Crippen LogP contribution < -0.4 is 5.32 Å². The van der Waals surface area contributed by atoms with E-state index in [0.717, 1.165) is 17.5 Å². The minimum absolute atomic E-state index is 0.0746. The summed E-state index contributed by atoms with van der Waals surface area (Å²) in [5, 5.41) is 10.0. The van der Waals surface area contributed by atoms with E-state index in [4.69, 9.17) is 0 Å². The molecule has 1 N–H and O–H groups in total. The first-order valence-corrected chi connectivity index (χ1v) is 9.91. The molecule has 1 saturated heterocycles. The van der Waals surface area contributed by atoms with E-state index in [0.29, 0.717) is 23.5 Å². The first kappa shape index (κ1) is 17.7. The highest BCUT2D eigenvalue weighted by Gasteiger charge is 2.35. The van der Waals surface area contributed by atoms with Crippen LogP contribution in [-0.2, 0) is 4.79 Å². The number of fused-ring (bicyclic) bond motifs is 1. The van der Waals surface area contributed by atoms with Gasteiger partial charge in [0.1, 0.15) is 6.04 Å². The molecule has 4 heterocycles. The third-order valence-electron chi connectivity index (χ3n) is 4.74. The minimum Gasteiger partial charge on any atom is -0.326 e. The second-order valence-electron chi connectivity index (χ2n) is 6.94. The van der Waals surface area contributed by atoms with Crippen LogP contribution in [-0.4, -0.2) is 44.1 Å². The Bertz CT molecular complexity index is 979. The molecule has 0 saturated carbocycles. The first-order chi connectivity index (χ1) is 13.0. The van der Waals surface area contributed by atoms with Crippen molar-refractivity contribution in [3.8, 4) is 0 Å². The molecule has 1 fully saturated rings. The van der Waals surface area contributed by atoms with Crippen molar-refractivity contribution in [1.29, 1.82) is 0 Å². The number of likely N-dealkylation sites (tertiary alicyclic amines) is 1. The molecule has 1 atom stereocenters. The van der Waals surface area contributed by atoms with Crippen molar-refractivity contribution in [1.82, 2.24) is 19.7 Å². The van der Waals surface area contributed by atoms with Gasteiger partial charge in [-0.15, -0.1) is 11.3 Å². The van der Waals surface area contributed by atoms with Gasteiger partial charge in [-0.3, -0.25) is 9.59 Å². The Kier molecular flexibility index (Phi) is 4.65. The summed E-state index contributed by atoms with van der Waals surface area (Å²) in [5.41, 5.74) is 1.41. The molecule has 4 rings (SSSR count). The molecule has 0 radical (unpaired) electrons. The van der Waals surface area contributed by atoms with Crippen LogP contribution in [0, 0.1) is 0 Å². The number of carbonyl (C=O) groups is 2. The molecule has 3 aromatic heterocycles. The highest BCUT2D eigenvalue weighted by atomic mass is 32.1. The van der Waals surface area contributed by atoms with E-state index in [2.05, 4.69) is 15.4 Å². The molecular formula is C19H21N5O2S. The molecule has 0 spiro atoms. The summed E-state index contributed by atoms with van der Waals surface area (Å²) in [7, 11) is 0. The zero-order valence-corrected chi connectivity index (χ0v) is 16.1. The van der Waals surface area contributed by atoms with Gasteiger partial charge in [0.15, 0.2) is 5.65 Å². The summed E-state index contributed by atoms with van der Waals surface area (Å²) < 4.78 is 1.85. The maximum Gasteiger partial charge on any atom is 0.264 e. The van der Waals surface area contributed by atoms with Crippen LogP contribution >= 0.6 is 11.3 Å². The van der Waals surface area contributed by atoms with Crippen LogP contribution in [0.5, 0.6) is 0 Å². The molecular weight excluding hydrogens is 362 g/mol. The lowest BCUT2D eigenvalue weighted by Gasteiger charge is -2.23. The van der Waals surface area contributed by atoms with E-state index in [-0.39, 0.29) is 17.9 Å². The Labute approximate surface area is 161 Å². The fourth-order valence-corrected chi connectivity index (χ4v) is 4.12. The molecule has 2 amide bonds. The van der Waals surface area contributed by atoms with Crippen molar-refractivity contribution in [3.63, 3.8) is 0 Å². The van der Waals surface area contributed by atoms with Gasteiger partial charge in [-0.1, -0.05) is 6.07 Å². The van der Waals surface area contributed by atoms with Crippen molar-refractivity contribution < 1.29 is 9.59 Å². The first-order valence-electron chi connectivity index (χ1n) is 9.03. The molecule has 0 aromatic carbocycles. The number of aromatic nitrogens is 3. The third-order valence-corrected chi connectivity index (χ3v) is 5.60. The van der Waals surface area contributed by atoms with Gasteiger partial charge >= 0.3 is 0 Å². The number of amides is 2. The van der Waals surface area contributed by atoms with Gasteiger partial charge in [0.05, 0.1) is 23.0 Å². The summed E-state index contributed by atoms with van der Waals surface area (Å²) in [5.74, 6) is -0.246. The lowest BCUT2D eigenvalue weighted by Crippen LogP contribution is -2.42. The zero-order valence-electron chi connectivity index (χ0n) is 15.3. The number of rotatable bonds is 4. The molecule has 140 valence electrons. The number of nitrogens with one attached hydrogen (secondary N) is 1. The Morgan fingerprint density at radius 1 is 1.33 bits per heavy atom. The number of pyridine rings is 1. The number of thiophene rings is 1. The number of anilines is 1. The molecule has 3 aromatic rings. The predicted octanol–water partition coefficient (Wildman–Crippen LogP) is 3.32. The minimum atomic E-state index is -0.450. The van der Waals surface area contributed by atoms with E-state index in [1.54, 1.807) is 23.4 Å². The van der Waals surface area contributed by atoms with E-state index in [1.165, 1.54) is 11.3 Å². The van der Waals surface area contributed by atoms with Crippen molar-refractivity contribution >= 4 is 39.9 Å². The van der Waals surface area contributed by atoms with Gasteiger partial charge in [0, 0.05) is 18.0 Å². The number of nitrogens with zero attached hydrogens (tertiary/aromatic N) is 4. The second-order valence-corrected chi connectivity index (χ2v) is 7.89. The zero-order chi connectivity index (χ0) is 19.0. The van der Waals surface area contributed by atoms with Crippen LogP contribution in [0.1, 0.15) is 42.4 Å². The van der Waals surface area contributed by atoms with Crippen LogP contribution in [0.25, 0.3) is 11.0 Å². The van der Waals surface area contributed by atoms with Gasteiger partial charge in [-0.05, 0) is 44.2 Å². The van der Waals surface area contributed by atoms with E-state index < -0.39 is 6.04 Å². The van der Waals surface area contributed by atoms with Crippen LogP contribution in [0.3, 0.4) is 0 Å². The fraction of sp³-hybridized carbons (Fsp3) is 0.368. The van der Waals surface area contributed by atoms with Crippen LogP contribution in [0.15, 0.2) is 36.0 Å². The largest absolute Gasteiger partial charge is 0.326 e. The van der Waals surface area contributed by atoms with Gasteiger partial charge in [-0.25, -0.2) is 9.67 Å². The average molecular weight is 383 g/mol. The highest BCUT2D eigenvalue weighted by Crippen LogP contribution is 2.24. The lowest BCUT2D eigenvalue weighted by atomic mass is 10.2. The third kappa shape index (κ3) is 3.32. The standard InChI is InChI=1S/C19H21N5O2S/c1-12(2)24-17-13(10-21-24)9-14(11-20-17)22-18(25)15-5-3-7-23(15)19(26)16-6-4-8-27-16/h4,6,8-12,15H,3,5,7H2,1-2H3,(H,22,25). The van der Waals surface area contributed by atoms with Crippen LogP contribution in [0.4, 0.5) is 5.69 Å². The Morgan fingerprint density at radius 3 is 2.93 bits per heavy atom. The van der Waals surface area contributed by atoms with Gasteiger partial charge < -0.3 is 10.2 Å². The summed E-state index contributed by atoms with van der Waals surface area (Å²) >= 11 is 1.40. The molecule has 1 aliphatic heterocycles. The number of hydrogen-bond acceptors (Lipinski definition) is 5. The van der Waals surface area contributed by atoms with Crippen molar-refractivity contribution in [2.75, 3.05) is 11.9 Å². The summed E-state index contributed by atoms with van der Waals surface area (Å²) in [4.78, 5) is 32.2. The number of carbonyl (C=O) groups excluding carboxylic acids is 2. The molecule has 1 unspecified atom stereocenters. The SMILES string of the molecule is CC(C)n1ncc2cc(NC(=O)C3CCCN3C(=O)c3cccs3)cnc21. The second kappa shape index (κ2) is 7.11. The Morgan fingerprint density at radius 2 is 2.19 bits per heavy atom. The summed E-state index contributed by atoms with van der Waals surface area (Å²) in [6, 6.07) is 5.28. The van der Waals surface area contributed by atoms with E-state index in [1.807, 2.05) is 36.0 Å². The normalized spacial score (nSPS) is 17.0. The van der Waals surface area contributed by atoms with Crippen molar-refractivity contribution in [2.24, 2.45) is 0 Å². The topological polar surface area (TPSA) is 80.1 Å². The summed E-state index contributed by atoms with van der Waals surface area (Å²) in [6.07, 6.45) is 4.89. The fourth-order valence-electron chi connectivity index (χ4n) is 3.44. The molecule has 1 aliphatic rings. The maximum atomic E-state index is 12.8. The Balaban J connectivity index is 1.51. The van der Waals surface area contributed by atoms with Gasteiger partial charge in [0.2, 0.25) is 5.91 Å². The average Bonchev–Trinajstić information content (AvgIpc) is 3.39. The molecule has 27 heavy (non-hydrogen) atoms. The number of hydrogen-bond donors (Lipinski definition) is 1. The van der Waals surface area contributed by atoms with E-state index >= 15 is 0 Å². The molecule has 0 bridgehead atoms. The Hall–Kier alpha value is -2.74. The smallest absolute Gasteiger partial charge is 0.264 e. The van der Waals surface area contributed by atoms with Gasteiger partial charge in [-0.2, -0.15) is 5.10 Å².